The maximum absolute atomic E-state index is 3.98. The van der Waals surface area contributed by atoms with Crippen molar-refractivity contribution in [3.63, 3.8) is 0 Å². The molecule has 1 rings (SSSR count). The van der Waals surface area contributed by atoms with Gasteiger partial charge in [-0.15, -0.1) is 6.58 Å². The number of hydrogen-bond acceptors (Lipinski definition) is 1. The van der Waals surface area contributed by atoms with Crippen LogP contribution in [0.1, 0.15) is 37.4 Å². The molecule has 0 amide bonds. The Bertz CT molecular complexity index is 311. The Balaban J connectivity index is 2.78. The van der Waals surface area contributed by atoms with E-state index in [0.29, 0.717) is 6.04 Å². The summed E-state index contributed by atoms with van der Waals surface area (Å²) in [6, 6.07) is 9.14. The molecule has 0 aliphatic rings. The second kappa shape index (κ2) is 5.72. The molecule has 0 aliphatic heterocycles. The van der Waals surface area contributed by atoms with Gasteiger partial charge in [0.05, 0.1) is 0 Å². The second-order valence-corrected chi connectivity index (χ2v) is 4.18. The van der Waals surface area contributed by atoms with Gasteiger partial charge in [0.15, 0.2) is 0 Å². The van der Waals surface area contributed by atoms with Crippen molar-refractivity contribution in [1.82, 2.24) is 5.32 Å². The lowest BCUT2D eigenvalue weighted by Crippen LogP contribution is -2.21. The Morgan fingerprint density at radius 2 is 1.93 bits per heavy atom. The van der Waals surface area contributed by atoms with Gasteiger partial charge in [0.1, 0.15) is 0 Å². The summed E-state index contributed by atoms with van der Waals surface area (Å²) in [5.41, 5.74) is 3.89. The van der Waals surface area contributed by atoms with Crippen LogP contribution in [0.25, 0.3) is 0 Å². The van der Waals surface area contributed by atoms with Gasteiger partial charge < -0.3 is 5.32 Å². The molecule has 0 aliphatic carbocycles. The molecule has 0 aromatic heterocycles. The van der Waals surface area contributed by atoms with E-state index < -0.39 is 0 Å². The Hall–Kier alpha value is -1.08. The highest BCUT2D eigenvalue weighted by Crippen LogP contribution is 2.20. The lowest BCUT2D eigenvalue weighted by Gasteiger charge is -2.18. The van der Waals surface area contributed by atoms with Crippen LogP contribution < -0.4 is 5.32 Å². The number of benzene rings is 1. The molecule has 0 fully saturated rings. The molecule has 1 nitrogen and oxygen atoms in total. The van der Waals surface area contributed by atoms with E-state index in [1.807, 2.05) is 0 Å². The summed E-state index contributed by atoms with van der Waals surface area (Å²) in [5.74, 6) is 0. The Labute approximate surface area is 93.2 Å². The fourth-order valence-corrected chi connectivity index (χ4v) is 1.70. The van der Waals surface area contributed by atoms with Gasteiger partial charge in [-0.2, -0.15) is 0 Å². The minimum atomic E-state index is 0.410. The summed E-state index contributed by atoms with van der Waals surface area (Å²) in [5, 5.41) is 3.49. The molecule has 15 heavy (non-hydrogen) atoms. The van der Waals surface area contributed by atoms with E-state index in [-0.39, 0.29) is 0 Å². The SMILES string of the molecule is C=C(C)CC(NCC)c1ccc(C)cc1. The summed E-state index contributed by atoms with van der Waals surface area (Å²) in [6.07, 6.45) is 1.01. The van der Waals surface area contributed by atoms with Crippen LogP contribution in [-0.4, -0.2) is 6.54 Å². The van der Waals surface area contributed by atoms with E-state index in [4.69, 9.17) is 0 Å². The molecule has 1 aromatic rings. The monoisotopic (exact) mass is 203 g/mol. The predicted molar refractivity (Wildman–Crippen MR) is 67.0 cm³/mol. The topological polar surface area (TPSA) is 12.0 Å². The maximum atomic E-state index is 3.98. The fourth-order valence-electron chi connectivity index (χ4n) is 1.70. The quantitative estimate of drug-likeness (QED) is 0.721. The van der Waals surface area contributed by atoms with Crippen molar-refractivity contribution in [2.24, 2.45) is 0 Å². The standard InChI is InChI=1S/C14H21N/c1-5-15-14(10-11(2)3)13-8-6-12(4)7-9-13/h6-9,14-15H,2,5,10H2,1,3-4H3. The third-order valence-electron chi connectivity index (χ3n) is 2.48. The molecule has 1 unspecified atom stereocenters. The molecular formula is C14H21N. The van der Waals surface area contributed by atoms with Gasteiger partial charge in [0.2, 0.25) is 0 Å². The number of aryl methyl sites for hydroxylation is 1. The summed E-state index contributed by atoms with van der Waals surface area (Å²) in [7, 11) is 0. The van der Waals surface area contributed by atoms with Crippen LogP contribution in [0, 0.1) is 6.92 Å². The van der Waals surface area contributed by atoms with Crippen LogP contribution in [0.5, 0.6) is 0 Å². The summed E-state index contributed by atoms with van der Waals surface area (Å²) >= 11 is 0. The van der Waals surface area contributed by atoms with Crippen molar-refractivity contribution in [1.29, 1.82) is 0 Å². The first-order valence-electron chi connectivity index (χ1n) is 5.57. The van der Waals surface area contributed by atoms with E-state index in [1.54, 1.807) is 0 Å². The zero-order valence-corrected chi connectivity index (χ0v) is 10.0. The molecule has 0 saturated heterocycles. The first kappa shape index (κ1) is 12.0. The summed E-state index contributed by atoms with van der Waals surface area (Å²) < 4.78 is 0. The lowest BCUT2D eigenvalue weighted by molar-refractivity contribution is 0.548. The van der Waals surface area contributed by atoms with Crippen LogP contribution in [0.15, 0.2) is 36.4 Å². The van der Waals surface area contributed by atoms with Crippen LogP contribution in [0.3, 0.4) is 0 Å². The van der Waals surface area contributed by atoms with Crippen LogP contribution in [-0.2, 0) is 0 Å². The minimum Gasteiger partial charge on any atom is -0.310 e. The first-order valence-corrected chi connectivity index (χ1v) is 5.57. The zero-order chi connectivity index (χ0) is 11.3. The predicted octanol–water partition coefficient (Wildman–Crippen LogP) is 3.61. The third kappa shape index (κ3) is 3.88. The first-order chi connectivity index (χ1) is 7.13. The highest BCUT2D eigenvalue weighted by Gasteiger charge is 2.09. The van der Waals surface area contributed by atoms with Crippen molar-refractivity contribution in [3.8, 4) is 0 Å². The molecular weight excluding hydrogens is 182 g/mol. The Kier molecular flexibility index (Phi) is 4.57. The van der Waals surface area contributed by atoms with Gasteiger partial charge in [-0.05, 0) is 32.4 Å². The van der Waals surface area contributed by atoms with E-state index in [9.17, 15) is 0 Å². The second-order valence-electron chi connectivity index (χ2n) is 4.18. The van der Waals surface area contributed by atoms with E-state index in [2.05, 4.69) is 56.9 Å². The highest BCUT2D eigenvalue weighted by molar-refractivity contribution is 5.25. The van der Waals surface area contributed by atoms with Gasteiger partial charge >= 0.3 is 0 Å². The number of rotatable bonds is 5. The van der Waals surface area contributed by atoms with Crippen LogP contribution in [0.4, 0.5) is 0 Å². The normalized spacial score (nSPS) is 12.5. The number of hydrogen-bond donors (Lipinski definition) is 1. The molecule has 1 heteroatoms. The molecule has 0 bridgehead atoms. The highest BCUT2D eigenvalue weighted by atomic mass is 14.9. The molecule has 1 aromatic carbocycles. The van der Waals surface area contributed by atoms with Gasteiger partial charge in [-0.1, -0.05) is 42.3 Å². The van der Waals surface area contributed by atoms with E-state index in [1.165, 1.54) is 16.7 Å². The van der Waals surface area contributed by atoms with Crippen LogP contribution >= 0.6 is 0 Å². The molecule has 0 spiro atoms. The van der Waals surface area contributed by atoms with Crippen molar-refractivity contribution in [2.75, 3.05) is 6.54 Å². The minimum absolute atomic E-state index is 0.410. The smallest absolute Gasteiger partial charge is 0.0357 e. The largest absolute Gasteiger partial charge is 0.310 e. The number of nitrogens with one attached hydrogen (secondary N) is 1. The van der Waals surface area contributed by atoms with Crippen molar-refractivity contribution in [3.05, 3.63) is 47.5 Å². The average molecular weight is 203 g/mol. The van der Waals surface area contributed by atoms with Crippen LogP contribution in [0.2, 0.25) is 0 Å². The Morgan fingerprint density at radius 1 is 1.33 bits per heavy atom. The van der Waals surface area contributed by atoms with Crippen molar-refractivity contribution < 1.29 is 0 Å². The molecule has 0 heterocycles. The van der Waals surface area contributed by atoms with Gasteiger partial charge in [0.25, 0.3) is 0 Å². The molecule has 0 saturated carbocycles. The molecule has 0 radical (unpaired) electrons. The van der Waals surface area contributed by atoms with Gasteiger partial charge in [-0.25, -0.2) is 0 Å². The lowest BCUT2D eigenvalue weighted by atomic mass is 9.99. The average Bonchev–Trinajstić information content (AvgIpc) is 2.17. The maximum Gasteiger partial charge on any atom is 0.0357 e. The Morgan fingerprint density at radius 3 is 2.40 bits per heavy atom. The van der Waals surface area contributed by atoms with E-state index in [0.717, 1.165) is 13.0 Å². The zero-order valence-electron chi connectivity index (χ0n) is 10.0. The van der Waals surface area contributed by atoms with Crippen molar-refractivity contribution >= 4 is 0 Å². The molecule has 1 N–H and O–H groups in total. The third-order valence-corrected chi connectivity index (χ3v) is 2.48. The molecule has 82 valence electrons. The van der Waals surface area contributed by atoms with Gasteiger partial charge in [-0.3, -0.25) is 0 Å². The van der Waals surface area contributed by atoms with Crippen molar-refractivity contribution in [2.45, 2.75) is 33.2 Å². The fraction of sp³-hybridized carbons (Fsp3) is 0.429. The van der Waals surface area contributed by atoms with E-state index >= 15 is 0 Å². The summed E-state index contributed by atoms with van der Waals surface area (Å²) in [6.45, 7) is 11.3. The molecule has 1 atom stereocenters. The summed E-state index contributed by atoms with van der Waals surface area (Å²) in [4.78, 5) is 0. The van der Waals surface area contributed by atoms with Gasteiger partial charge in [0, 0.05) is 6.04 Å².